The van der Waals surface area contributed by atoms with Gasteiger partial charge < -0.3 is 10.8 Å². The lowest BCUT2D eigenvalue weighted by atomic mass is 9.91. The molecule has 5 heteroatoms. The van der Waals surface area contributed by atoms with Crippen LogP contribution in [0.5, 0.6) is 0 Å². The highest BCUT2D eigenvalue weighted by atomic mass is 16.4. The number of hydrogen-bond acceptors (Lipinski definition) is 3. The summed E-state index contributed by atoms with van der Waals surface area (Å²) in [4.78, 5) is 11.7. The lowest BCUT2D eigenvalue weighted by Crippen LogP contribution is -2.48. The molecule has 0 aliphatic carbocycles. The highest BCUT2D eigenvalue weighted by Crippen LogP contribution is 2.23. The van der Waals surface area contributed by atoms with Gasteiger partial charge in [-0.05, 0) is 11.6 Å². The summed E-state index contributed by atoms with van der Waals surface area (Å²) in [6.45, 7) is 0.0693. The first-order valence-corrected chi connectivity index (χ1v) is 6.59. The molecule has 0 radical (unpaired) electrons. The molecule has 0 aliphatic rings. The number of nitrogens with zero attached hydrogens (tertiary/aromatic N) is 2. The minimum absolute atomic E-state index is 0.0693. The molecule has 3 N–H and O–H groups in total. The van der Waals surface area contributed by atoms with E-state index in [1.807, 2.05) is 30.3 Å². The van der Waals surface area contributed by atoms with Crippen molar-refractivity contribution in [2.24, 2.45) is 5.73 Å². The molecule has 1 aromatic heterocycles. The van der Waals surface area contributed by atoms with Gasteiger partial charge in [-0.3, -0.25) is 4.68 Å². The van der Waals surface area contributed by atoms with Crippen molar-refractivity contribution < 1.29 is 9.90 Å². The van der Waals surface area contributed by atoms with E-state index < -0.39 is 11.5 Å². The average molecular weight is 281 g/mol. The average Bonchev–Trinajstić information content (AvgIpc) is 2.91. The summed E-state index contributed by atoms with van der Waals surface area (Å²) >= 11 is 0. The second-order valence-corrected chi connectivity index (χ2v) is 5.00. The zero-order valence-electron chi connectivity index (χ0n) is 11.3. The van der Waals surface area contributed by atoms with E-state index in [2.05, 4.69) is 5.10 Å². The van der Waals surface area contributed by atoms with E-state index in [-0.39, 0.29) is 6.54 Å². The van der Waals surface area contributed by atoms with Gasteiger partial charge in [-0.2, -0.15) is 5.10 Å². The van der Waals surface area contributed by atoms with Gasteiger partial charge in [-0.25, -0.2) is 4.79 Å². The Morgan fingerprint density at radius 2 is 1.81 bits per heavy atom. The second kappa shape index (κ2) is 5.03. The molecule has 2 aromatic carbocycles. The Hall–Kier alpha value is -2.66. The van der Waals surface area contributed by atoms with Crippen molar-refractivity contribution in [2.75, 3.05) is 0 Å². The third kappa shape index (κ3) is 2.28. The number of fused-ring (bicyclic) bond motifs is 1. The molecule has 0 fully saturated rings. The lowest BCUT2D eigenvalue weighted by molar-refractivity contribution is -0.144. The van der Waals surface area contributed by atoms with Crippen molar-refractivity contribution in [2.45, 2.75) is 12.1 Å². The number of carboxylic acid groups (broad SMARTS) is 1. The van der Waals surface area contributed by atoms with Gasteiger partial charge in [-0.15, -0.1) is 0 Å². The van der Waals surface area contributed by atoms with Gasteiger partial charge in [-0.1, -0.05) is 48.5 Å². The summed E-state index contributed by atoms with van der Waals surface area (Å²) in [5.74, 6) is -1.08. The summed E-state index contributed by atoms with van der Waals surface area (Å²) in [5.41, 5.74) is 6.08. The Bertz CT molecular complexity index is 782. The number of rotatable bonds is 4. The van der Waals surface area contributed by atoms with Crippen LogP contribution in [-0.2, 0) is 16.9 Å². The Balaban J connectivity index is 2.06. The van der Waals surface area contributed by atoms with Crippen LogP contribution in [0.3, 0.4) is 0 Å². The number of aromatic nitrogens is 2. The topological polar surface area (TPSA) is 81.1 Å². The molecule has 0 aliphatic heterocycles. The number of nitrogens with two attached hydrogens (primary N) is 1. The van der Waals surface area contributed by atoms with Crippen molar-refractivity contribution in [1.29, 1.82) is 0 Å². The van der Waals surface area contributed by atoms with Crippen molar-refractivity contribution in [3.63, 3.8) is 0 Å². The van der Waals surface area contributed by atoms with Crippen LogP contribution in [0.1, 0.15) is 5.56 Å². The van der Waals surface area contributed by atoms with Gasteiger partial charge in [0.15, 0.2) is 5.54 Å². The molecule has 1 atom stereocenters. The zero-order valence-corrected chi connectivity index (χ0v) is 11.3. The lowest BCUT2D eigenvalue weighted by Gasteiger charge is -2.25. The summed E-state index contributed by atoms with van der Waals surface area (Å²) in [5, 5.41) is 14.8. The summed E-state index contributed by atoms with van der Waals surface area (Å²) in [7, 11) is 0. The number of hydrogen-bond donors (Lipinski definition) is 2. The maximum atomic E-state index is 11.7. The van der Waals surface area contributed by atoms with Crippen LogP contribution in [0, 0.1) is 0 Å². The van der Waals surface area contributed by atoms with Crippen molar-refractivity contribution in [3.8, 4) is 0 Å². The molecule has 1 heterocycles. The third-order valence-corrected chi connectivity index (χ3v) is 3.62. The van der Waals surface area contributed by atoms with Gasteiger partial charge in [0.1, 0.15) is 0 Å². The van der Waals surface area contributed by atoms with E-state index in [9.17, 15) is 9.90 Å². The fraction of sp³-hybridized carbons (Fsp3) is 0.125. The van der Waals surface area contributed by atoms with Crippen molar-refractivity contribution in [1.82, 2.24) is 9.78 Å². The van der Waals surface area contributed by atoms with Crippen molar-refractivity contribution in [3.05, 3.63) is 66.4 Å². The molecular formula is C16H15N3O2. The van der Waals surface area contributed by atoms with Crippen LogP contribution in [0.15, 0.2) is 60.8 Å². The largest absolute Gasteiger partial charge is 0.480 e. The Morgan fingerprint density at radius 3 is 2.52 bits per heavy atom. The van der Waals surface area contributed by atoms with Crippen LogP contribution < -0.4 is 5.73 Å². The Kier molecular flexibility index (Phi) is 3.19. The monoisotopic (exact) mass is 281 g/mol. The first-order chi connectivity index (χ1) is 10.1. The fourth-order valence-corrected chi connectivity index (χ4v) is 2.41. The van der Waals surface area contributed by atoms with Crippen LogP contribution in [0.4, 0.5) is 0 Å². The highest BCUT2D eigenvalue weighted by Gasteiger charge is 2.37. The zero-order chi connectivity index (χ0) is 14.9. The van der Waals surface area contributed by atoms with Crippen LogP contribution in [0.2, 0.25) is 0 Å². The molecule has 3 rings (SSSR count). The summed E-state index contributed by atoms with van der Waals surface area (Å²) < 4.78 is 1.64. The number of carbonyl (C=O) groups is 1. The molecule has 1 unspecified atom stereocenters. The highest BCUT2D eigenvalue weighted by molar-refractivity contribution is 5.82. The fourth-order valence-electron chi connectivity index (χ4n) is 2.41. The molecule has 0 spiro atoms. The van der Waals surface area contributed by atoms with Crippen LogP contribution >= 0.6 is 0 Å². The van der Waals surface area contributed by atoms with E-state index >= 15 is 0 Å². The van der Waals surface area contributed by atoms with Crippen LogP contribution in [0.25, 0.3) is 10.9 Å². The van der Waals surface area contributed by atoms with Gasteiger partial charge in [0.25, 0.3) is 0 Å². The predicted molar refractivity (Wildman–Crippen MR) is 79.7 cm³/mol. The van der Waals surface area contributed by atoms with E-state index in [1.54, 1.807) is 35.1 Å². The minimum atomic E-state index is -1.52. The molecule has 3 aromatic rings. The van der Waals surface area contributed by atoms with E-state index in [0.29, 0.717) is 5.56 Å². The number of carboxylic acids is 1. The van der Waals surface area contributed by atoms with Gasteiger partial charge >= 0.3 is 5.97 Å². The first-order valence-electron chi connectivity index (χ1n) is 6.59. The molecule has 5 nitrogen and oxygen atoms in total. The standard InChI is InChI=1S/C16H15N3O2/c17-16(15(20)21,13-7-2-1-3-8-13)11-19-14-9-5-4-6-12(14)10-18-19/h1-10H,11,17H2,(H,20,21). The Morgan fingerprint density at radius 1 is 1.14 bits per heavy atom. The van der Waals surface area contributed by atoms with Gasteiger partial charge in [0.05, 0.1) is 18.3 Å². The second-order valence-electron chi connectivity index (χ2n) is 5.00. The Labute approximate surface area is 121 Å². The maximum absolute atomic E-state index is 11.7. The molecule has 0 bridgehead atoms. The van der Waals surface area contributed by atoms with Gasteiger partial charge in [0.2, 0.25) is 0 Å². The smallest absolute Gasteiger partial charge is 0.330 e. The SMILES string of the molecule is NC(Cn1ncc2ccccc21)(C(=O)O)c1ccccc1. The molecule has 21 heavy (non-hydrogen) atoms. The van der Waals surface area contributed by atoms with E-state index in [4.69, 9.17) is 5.73 Å². The summed E-state index contributed by atoms with van der Waals surface area (Å²) in [6.07, 6.45) is 1.71. The molecule has 0 saturated heterocycles. The maximum Gasteiger partial charge on any atom is 0.330 e. The number of aliphatic carboxylic acids is 1. The molecular weight excluding hydrogens is 266 g/mol. The van der Waals surface area contributed by atoms with E-state index in [0.717, 1.165) is 10.9 Å². The summed E-state index contributed by atoms with van der Waals surface area (Å²) in [6, 6.07) is 16.5. The van der Waals surface area contributed by atoms with E-state index in [1.165, 1.54) is 0 Å². The molecule has 106 valence electrons. The quantitative estimate of drug-likeness (QED) is 0.766. The number of benzene rings is 2. The molecule has 0 amide bonds. The van der Waals surface area contributed by atoms with Crippen molar-refractivity contribution >= 4 is 16.9 Å². The molecule has 0 saturated carbocycles. The normalized spacial score (nSPS) is 14.0. The van der Waals surface area contributed by atoms with Gasteiger partial charge in [0, 0.05) is 5.39 Å². The third-order valence-electron chi connectivity index (χ3n) is 3.62. The minimum Gasteiger partial charge on any atom is -0.480 e. The predicted octanol–water partition coefficient (Wildman–Crippen LogP) is 1.98. The number of para-hydroxylation sites is 1. The first kappa shape index (κ1) is 13.3. The van der Waals surface area contributed by atoms with Crippen LogP contribution in [-0.4, -0.2) is 20.9 Å².